The van der Waals surface area contributed by atoms with Crippen LogP contribution in [0.4, 0.5) is 0 Å². The van der Waals surface area contributed by atoms with E-state index in [4.69, 9.17) is 9.15 Å². The van der Waals surface area contributed by atoms with E-state index in [2.05, 4.69) is 50.1 Å². The molecule has 0 fully saturated rings. The van der Waals surface area contributed by atoms with Gasteiger partial charge in [0.15, 0.2) is 11.0 Å². The maximum Gasteiger partial charge on any atom is 0.247 e. The SMILES string of the molecule is CCn1c(COc2ccc3c(c2)CCCC3)nnc1SCc1nnc(-c2ccccc2)o1. The van der Waals surface area contributed by atoms with Crippen molar-refractivity contribution in [2.45, 2.75) is 56.7 Å². The molecule has 2 aromatic heterocycles. The van der Waals surface area contributed by atoms with E-state index in [1.165, 1.54) is 42.2 Å². The molecule has 0 spiro atoms. The average Bonchev–Trinajstić information content (AvgIpc) is 3.48. The molecule has 2 heterocycles. The van der Waals surface area contributed by atoms with Gasteiger partial charge in [-0.1, -0.05) is 36.0 Å². The number of hydrogen-bond donors (Lipinski definition) is 0. The van der Waals surface area contributed by atoms with Crippen LogP contribution in [0.1, 0.15) is 42.6 Å². The molecule has 1 aliphatic carbocycles. The number of rotatable bonds is 8. The maximum absolute atomic E-state index is 6.06. The highest BCUT2D eigenvalue weighted by molar-refractivity contribution is 7.98. The highest BCUT2D eigenvalue weighted by atomic mass is 32.2. The fraction of sp³-hybridized carbons (Fsp3) is 0.333. The molecule has 0 saturated carbocycles. The summed E-state index contributed by atoms with van der Waals surface area (Å²) in [4.78, 5) is 0. The summed E-state index contributed by atoms with van der Waals surface area (Å²) in [6.07, 6.45) is 4.85. The van der Waals surface area contributed by atoms with Crippen molar-refractivity contribution < 1.29 is 9.15 Å². The highest BCUT2D eigenvalue weighted by Crippen LogP contribution is 2.27. The molecule has 0 N–H and O–H groups in total. The summed E-state index contributed by atoms with van der Waals surface area (Å²) >= 11 is 1.53. The molecular weight excluding hydrogens is 422 g/mol. The van der Waals surface area contributed by atoms with Crippen LogP contribution in [0.3, 0.4) is 0 Å². The molecule has 0 amide bonds. The van der Waals surface area contributed by atoms with E-state index in [0.29, 0.717) is 24.1 Å². The molecule has 0 aliphatic heterocycles. The number of aryl methyl sites for hydroxylation is 2. The van der Waals surface area contributed by atoms with Gasteiger partial charge in [-0.2, -0.15) is 0 Å². The van der Waals surface area contributed by atoms with Crippen LogP contribution in [-0.2, 0) is 31.7 Å². The van der Waals surface area contributed by atoms with Gasteiger partial charge in [0.25, 0.3) is 0 Å². The average molecular weight is 448 g/mol. The van der Waals surface area contributed by atoms with Gasteiger partial charge in [-0.25, -0.2) is 0 Å². The summed E-state index contributed by atoms with van der Waals surface area (Å²) in [5.41, 5.74) is 3.78. The first-order valence-corrected chi connectivity index (χ1v) is 12.0. The van der Waals surface area contributed by atoms with Crippen LogP contribution in [0.15, 0.2) is 58.1 Å². The third-order valence-corrected chi connectivity index (χ3v) is 6.56. The minimum Gasteiger partial charge on any atom is -0.486 e. The van der Waals surface area contributed by atoms with Gasteiger partial charge < -0.3 is 13.7 Å². The molecule has 7 nitrogen and oxygen atoms in total. The first kappa shape index (κ1) is 20.8. The predicted octanol–water partition coefficient (Wildman–Crippen LogP) is 5.10. The van der Waals surface area contributed by atoms with Gasteiger partial charge in [0.05, 0.1) is 5.75 Å². The predicted molar refractivity (Wildman–Crippen MR) is 122 cm³/mol. The molecule has 0 bridgehead atoms. The second kappa shape index (κ2) is 9.56. The van der Waals surface area contributed by atoms with E-state index < -0.39 is 0 Å². The Bertz CT molecular complexity index is 1190. The van der Waals surface area contributed by atoms with Gasteiger partial charge in [0, 0.05) is 12.1 Å². The van der Waals surface area contributed by atoms with Gasteiger partial charge in [0.1, 0.15) is 12.4 Å². The van der Waals surface area contributed by atoms with Crippen LogP contribution >= 0.6 is 11.8 Å². The molecule has 0 saturated heterocycles. The zero-order valence-electron chi connectivity index (χ0n) is 18.0. The van der Waals surface area contributed by atoms with Crippen LogP contribution in [-0.4, -0.2) is 25.0 Å². The Morgan fingerprint density at radius 1 is 0.969 bits per heavy atom. The third-order valence-electron chi connectivity index (χ3n) is 5.61. The minimum absolute atomic E-state index is 0.388. The van der Waals surface area contributed by atoms with Crippen molar-refractivity contribution in [2.24, 2.45) is 0 Å². The van der Waals surface area contributed by atoms with Crippen LogP contribution in [0.25, 0.3) is 11.5 Å². The first-order valence-electron chi connectivity index (χ1n) is 11.0. The van der Waals surface area contributed by atoms with Crippen molar-refractivity contribution in [2.75, 3.05) is 0 Å². The fourth-order valence-corrected chi connectivity index (χ4v) is 4.79. The smallest absolute Gasteiger partial charge is 0.247 e. The minimum atomic E-state index is 0.388. The molecule has 5 rings (SSSR count). The van der Waals surface area contributed by atoms with Gasteiger partial charge in [-0.05, 0) is 68.0 Å². The molecular formula is C24H25N5O2S. The molecule has 164 valence electrons. The number of nitrogens with zero attached hydrogens (tertiary/aromatic N) is 5. The van der Waals surface area contributed by atoms with Gasteiger partial charge >= 0.3 is 0 Å². The van der Waals surface area contributed by atoms with E-state index in [1.807, 2.05) is 30.3 Å². The fourth-order valence-electron chi connectivity index (χ4n) is 3.93. The molecule has 1 aliphatic rings. The number of benzene rings is 2. The molecule has 0 unspecified atom stereocenters. The zero-order valence-corrected chi connectivity index (χ0v) is 18.8. The van der Waals surface area contributed by atoms with E-state index >= 15 is 0 Å². The molecule has 0 radical (unpaired) electrons. The van der Waals surface area contributed by atoms with Crippen molar-refractivity contribution in [3.05, 3.63) is 71.4 Å². The van der Waals surface area contributed by atoms with E-state index in [9.17, 15) is 0 Å². The number of fused-ring (bicyclic) bond motifs is 1. The standard InChI is InChI=1S/C24H25N5O2S/c1-2-29-21(15-30-20-13-12-17-8-6-7-11-19(17)14-20)25-28-24(29)32-16-22-26-27-23(31-22)18-9-4-3-5-10-18/h3-5,9-10,12-14H,2,6-8,11,15-16H2,1H3. The van der Waals surface area contributed by atoms with Crippen LogP contribution in [0.5, 0.6) is 5.75 Å². The summed E-state index contributed by atoms with van der Waals surface area (Å²) in [6.45, 7) is 3.23. The molecule has 4 aromatic rings. The lowest BCUT2D eigenvalue weighted by molar-refractivity contribution is 0.287. The lowest BCUT2D eigenvalue weighted by atomic mass is 9.92. The Morgan fingerprint density at radius 3 is 2.66 bits per heavy atom. The number of thioether (sulfide) groups is 1. The quantitative estimate of drug-likeness (QED) is 0.348. The Kier molecular flexibility index (Phi) is 6.20. The largest absolute Gasteiger partial charge is 0.486 e. The third kappa shape index (κ3) is 4.55. The van der Waals surface area contributed by atoms with E-state index in [-0.39, 0.29) is 0 Å². The monoisotopic (exact) mass is 447 g/mol. The number of hydrogen-bond acceptors (Lipinski definition) is 7. The van der Waals surface area contributed by atoms with E-state index in [1.54, 1.807) is 0 Å². The van der Waals surface area contributed by atoms with Crippen LogP contribution in [0.2, 0.25) is 0 Å². The van der Waals surface area contributed by atoms with Gasteiger partial charge in [-0.3, -0.25) is 0 Å². The van der Waals surface area contributed by atoms with Crippen LogP contribution < -0.4 is 4.74 Å². The Hall–Kier alpha value is -3.13. The summed E-state index contributed by atoms with van der Waals surface area (Å²) in [6, 6.07) is 16.2. The second-order valence-corrected chi connectivity index (χ2v) is 8.67. The summed E-state index contributed by atoms with van der Waals surface area (Å²) in [7, 11) is 0. The normalized spacial score (nSPS) is 13.2. The lowest BCUT2D eigenvalue weighted by Gasteiger charge is -2.16. The molecule has 2 aromatic carbocycles. The molecule has 32 heavy (non-hydrogen) atoms. The van der Waals surface area contributed by atoms with Crippen LogP contribution in [0, 0.1) is 0 Å². The van der Waals surface area contributed by atoms with Crippen molar-refractivity contribution >= 4 is 11.8 Å². The maximum atomic E-state index is 6.06. The molecule has 0 atom stereocenters. The lowest BCUT2D eigenvalue weighted by Crippen LogP contribution is -2.08. The van der Waals surface area contributed by atoms with Crippen molar-refractivity contribution in [3.63, 3.8) is 0 Å². The second-order valence-electron chi connectivity index (χ2n) is 7.73. The molecule has 8 heteroatoms. The summed E-state index contributed by atoms with van der Waals surface area (Å²) < 4.78 is 13.9. The topological polar surface area (TPSA) is 78.9 Å². The van der Waals surface area contributed by atoms with Gasteiger partial charge in [-0.15, -0.1) is 20.4 Å². The Labute approximate surface area is 191 Å². The highest BCUT2D eigenvalue weighted by Gasteiger charge is 2.15. The number of aromatic nitrogens is 5. The number of ether oxygens (including phenoxy) is 1. The van der Waals surface area contributed by atoms with Crippen molar-refractivity contribution in [3.8, 4) is 17.2 Å². The first-order chi connectivity index (χ1) is 15.8. The van der Waals surface area contributed by atoms with Crippen molar-refractivity contribution in [1.29, 1.82) is 0 Å². The summed E-state index contributed by atoms with van der Waals surface area (Å²) in [5.74, 6) is 3.32. The summed E-state index contributed by atoms with van der Waals surface area (Å²) in [5, 5.41) is 17.8. The van der Waals surface area contributed by atoms with Gasteiger partial charge in [0.2, 0.25) is 11.8 Å². The zero-order chi connectivity index (χ0) is 21.8. The van der Waals surface area contributed by atoms with Crippen molar-refractivity contribution in [1.82, 2.24) is 25.0 Å². The Morgan fingerprint density at radius 2 is 1.81 bits per heavy atom. The van der Waals surface area contributed by atoms with E-state index in [0.717, 1.165) is 35.3 Å². The Balaban J connectivity index is 1.22.